The predicted octanol–water partition coefficient (Wildman–Crippen LogP) is 11.5. The molecule has 0 atom stereocenters. The lowest BCUT2D eigenvalue weighted by Crippen LogP contribution is -2.00. The van der Waals surface area contributed by atoms with Crippen LogP contribution in [0.1, 0.15) is 124 Å². The highest BCUT2D eigenvalue weighted by atomic mass is 14.3. The SMILES string of the molecule is CC.CCCC.Cc1ccc(C2=C(c3ccc(CC4CCCC4)cc3)c3ccc(C)cc3CCC2)c(C)c1. The summed E-state index contributed by atoms with van der Waals surface area (Å²) in [6.07, 6.45) is 13.1. The van der Waals surface area contributed by atoms with Crippen molar-refractivity contribution in [3.8, 4) is 0 Å². The lowest BCUT2D eigenvalue weighted by atomic mass is 9.85. The van der Waals surface area contributed by atoms with Gasteiger partial charge in [-0.1, -0.05) is 138 Å². The highest BCUT2D eigenvalue weighted by molar-refractivity contribution is 6.00. The summed E-state index contributed by atoms with van der Waals surface area (Å²) in [5.41, 5.74) is 14.3. The van der Waals surface area contributed by atoms with Crippen molar-refractivity contribution in [1.82, 2.24) is 0 Å². The first-order valence-electron chi connectivity index (χ1n) is 15.5. The largest absolute Gasteiger partial charge is 0.0683 e. The Bertz CT molecular complexity index is 1170. The topological polar surface area (TPSA) is 0 Å². The lowest BCUT2D eigenvalue weighted by molar-refractivity contribution is 0.546. The van der Waals surface area contributed by atoms with Gasteiger partial charge in [0.15, 0.2) is 0 Å². The van der Waals surface area contributed by atoms with Crippen LogP contribution in [0.3, 0.4) is 0 Å². The third-order valence-corrected chi connectivity index (χ3v) is 8.15. The van der Waals surface area contributed by atoms with Crippen LogP contribution in [0.25, 0.3) is 11.1 Å². The average Bonchev–Trinajstić information content (AvgIpc) is 3.37. The number of hydrogen-bond acceptors (Lipinski definition) is 0. The molecule has 0 heteroatoms. The van der Waals surface area contributed by atoms with Gasteiger partial charge in [-0.05, 0) is 96.9 Å². The minimum Gasteiger partial charge on any atom is -0.0683 e. The number of unbranched alkanes of at least 4 members (excludes halogenated alkanes) is 1. The van der Waals surface area contributed by atoms with Gasteiger partial charge in [0.1, 0.15) is 0 Å². The van der Waals surface area contributed by atoms with Gasteiger partial charge < -0.3 is 0 Å². The predicted molar refractivity (Wildman–Crippen MR) is 170 cm³/mol. The van der Waals surface area contributed by atoms with E-state index in [4.69, 9.17) is 0 Å². The van der Waals surface area contributed by atoms with Gasteiger partial charge in [0, 0.05) is 0 Å². The average molecular weight is 509 g/mol. The summed E-state index contributed by atoms with van der Waals surface area (Å²) < 4.78 is 0. The van der Waals surface area contributed by atoms with Gasteiger partial charge in [-0.25, -0.2) is 0 Å². The van der Waals surface area contributed by atoms with E-state index in [9.17, 15) is 0 Å². The van der Waals surface area contributed by atoms with Crippen molar-refractivity contribution in [2.45, 2.75) is 113 Å². The number of hydrogen-bond donors (Lipinski definition) is 0. The van der Waals surface area contributed by atoms with Crippen LogP contribution in [0.15, 0.2) is 60.7 Å². The van der Waals surface area contributed by atoms with Crippen molar-refractivity contribution in [1.29, 1.82) is 0 Å². The van der Waals surface area contributed by atoms with Crippen LogP contribution < -0.4 is 0 Å². The molecule has 3 aromatic carbocycles. The van der Waals surface area contributed by atoms with E-state index in [0.717, 1.165) is 18.8 Å². The molecule has 5 rings (SSSR count). The smallest absolute Gasteiger partial charge is 0.00705 e. The third-order valence-electron chi connectivity index (χ3n) is 8.15. The number of aryl methyl sites for hydroxylation is 4. The molecule has 1 fully saturated rings. The second-order valence-electron chi connectivity index (χ2n) is 11.2. The lowest BCUT2D eigenvalue weighted by Gasteiger charge is -2.19. The molecular formula is C38H52. The van der Waals surface area contributed by atoms with E-state index in [0.29, 0.717) is 0 Å². The first-order valence-corrected chi connectivity index (χ1v) is 15.5. The summed E-state index contributed by atoms with van der Waals surface area (Å²) in [6.45, 7) is 15.1. The quantitative estimate of drug-likeness (QED) is 0.321. The Hall–Kier alpha value is -2.60. The molecule has 2 aliphatic carbocycles. The molecule has 0 amide bonds. The van der Waals surface area contributed by atoms with Gasteiger partial charge >= 0.3 is 0 Å². The number of benzene rings is 3. The van der Waals surface area contributed by atoms with Gasteiger partial charge in [0.05, 0.1) is 0 Å². The van der Waals surface area contributed by atoms with Crippen LogP contribution in [-0.2, 0) is 12.8 Å². The van der Waals surface area contributed by atoms with Crippen LogP contribution in [0.4, 0.5) is 0 Å². The molecule has 0 aromatic heterocycles. The monoisotopic (exact) mass is 508 g/mol. The molecule has 1 saturated carbocycles. The van der Waals surface area contributed by atoms with Crippen molar-refractivity contribution in [2.24, 2.45) is 5.92 Å². The molecule has 0 radical (unpaired) electrons. The van der Waals surface area contributed by atoms with E-state index in [1.54, 1.807) is 0 Å². The fraction of sp³-hybridized carbons (Fsp3) is 0.474. The van der Waals surface area contributed by atoms with Crippen molar-refractivity contribution in [3.05, 3.63) is 105 Å². The van der Waals surface area contributed by atoms with E-state index in [1.165, 1.54) is 107 Å². The molecular weight excluding hydrogens is 456 g/mol. The van der Waals surface area contributed by atoms with Crippen LogP contribution >= 0.6 is 0 Å². The standard InChI is InChI=1S/C32H36.C4H10.C2H6/c1-22-11-17-29(24(3)19-22)31-10-6-9-28-20-23(2)12-18-30(28)32(31)27-15-13-26(14-16-27)21-25-7-4-5-8-25;1-3-4-2;1-2/h11-20,25H,4-10,21H2,1-3H3;3-4H2,1-2H3;1-2H3. The van der Waals surface area contributed by atoms with Crippen LogP contribution in [-0.4, -0.2) is 0 Å². The van der Waals surface area contributed by atoms with Crippen LogP contribution in [0.5, 0.6) is 0 Å². The van der Waals surface area contributed by atoms with E-state index in [2.05, 4.69) is 95.3 Å². The summed E-state index contributed by atoms with van der Waals surface area (Å²) in [6, 6.07) is 23.7. The molecule has 0 bridgehead atoms. The van der Waals surface area contributed by atoms with Crippen molar-refractivity contribution >= 4 is 11.1 Å². The zero-order chi connectivity index (χ0) is 27.5. The van der Waals surface area contributed by atoms with Gasteiger partial charge in [0.25, 0.3) is 0 Å². The number of fused-ring (bicyclic) bond motifs is 1. The molecule has 0 heterocycles. The normalized spacial score (nSPS) is 15.1. The summed E-state index contributed by atoms with van der Waals surface area (Å²) in [5, 5.41) is 0. The van der Waals surface area contributed by atoms with Gasteiger partial charge in [-0.2, -0.15) is 0 Å². The van der Waals surface area contributed by atoms with E-state index in [1.807, 2.05) is 13.8 Å². The molecule has 0 spiro atoms. The molecule has 38 heavy (non-hydrogen) atoms. The summed E-state index contributed by atoms with van der Waals surface area (Å²) in [4.78, 5) is 0. The minimum absolute atomic E-state index is 0.896. The second-order valence-corrected chi connectivity index (χ2v) is 11.2. The fourth-order valence-electron chi connectivity index (χ4n) is 6.02. The fourth-order valence-corrected chi connectivity index (χ4v) is 6.02. The maximum atomic E-state index is 2.41. The second kappa shape index (κ2) is 15.1. The van der Waals surface area contributed by atoms with Crippen molar-refractivity contribution < 1.29 is 0 Å². The Balaban J connectivity index is 0.000000612. The van der Waals surface area contributed by atoms with E-state index < -0.39 is 0 Å². The Morgan fingerprint density at radius 1 is 0.658 bits per heavy atom. The molecule has 3 aromatic rings. The van der Waals surface area contributed by atoms with Gasteiger partial charge in [-0.15, -0.1) is 0 Å². The zero-order valence-corrected chi connectivity index (χ0v) is 25.4. The molecule has 0 nitrogen and oxygen atoms in total. The number of rotatable bonds is 5. The minimum atomic E-state index is 0.896. The highest BCUT2D eigenvalue weighted by Crippen LogP contribution is 2.41. The molecule has 0 N–H and O–H groups in total. The first-order chi connectivity index (χ1) is 18.5. The third kappa shape index (κ3) is 7.72. The highest BCUT2D eigenvalue weighted by Gasteiger charge is 2.21. The van der Waals surface area contributed by atoms with Crippen molar-refractivity contribution in [3.63, 3.8) is 0 Å². The number of allylic oxidation sites excluding steroid dienone is 1. The summed E-state index contributed by atoms with van der Waals surface area (Å²) in [7, 11) is 0. The maximum Gasteiger partial charge on any atom is -0.00705 e. The Morgan fingerprint density at radius 2 is 1.26 bits per heavy atom. The van der Waals surface area contributed by atoms with Gasteiger partial charge in [0.2, 0.25) is 0 Å². The Morgan fingerprint density at radius 3 is 1.87 bits per heavy atom. The van der Waals surface area contributed by atoms with Crippen LogP contribution in [0, 0.1) is 26.7 Å². The summed E-state index contributed by atoms with van der Waals surface area (Å²) in [5.74, 6) is 0.896. The first kappa shape index (κ1) is 29.9. The molecule has 0 saturated heterocycles. The molecule has 204 valence electrons. The molecule has 2 aliphatic rings. The Kier molecular flexibility index (Phi) is 11.9. The van der Waals surface area contributed by atoms with Crippen LogP contribution in [0.2, 0.25) is 0 Å². The molecule has 0 aliphatic heterocycles. The maximum absolute atomic E-state index is 2.41. The van der Waals surface area contributed by atoms with Gasteiger partial charge in [-0.3, -0.25) is 0 Å². The summed E-state index contributed by atoms with van der Waals surface area (Å²) >= 11 is 0. The molecule has 0 unspecified atom stereocenters. The van der Waals surface area contributed by atoms with E-state index in [-0.39, 0.29) is 0 Å². The zero-order valence-electron chi connectivity index (χ0n) is 25.4. The Labute approximate surface area is 234 Å². The van der Waals surface area contributed by atoms with E-state index >= 15 is 0 Å². The van der Waals surface area contributed by atoms with Crippen molar-refractivity contribution in [2.75, 3.05) is 0 Å².